The van der Waals surface area contributed by atoms with Crippen molar-refractivity contribution < 1.29 is 0 Å². The molecule has 0 atom stereocenters. The second-order valence-corrected chi connectivity index (χ2v) is 3.56. The number of nitrogens with two attached hydrogens (primary N) is 1. The summed E-state index contributed by atoms with van der Waals surface area (Å²) in [6.07, 6.45) is 3.82. The third kappa shape index (κ3) is 4.91. The fourth-order valence-corrected chi connectivity index (χ4v) is 0.862. The normalized spacial score (nSPS) is 10.8. The zero-order chi connectivity index (χ0) is 9.72. The van der Waals surface area contributed by atoms with Gasteiger partial charge in [-0.15, -0.1) is 0 Å². The topological polar surface area (TPSA) is 29.3 Å². The second-order valence-electron chi connectivity index (χ2n) is 3.09. The standard InChI is InChI=1S/C9H16N2S/c1-7(2)5-8(11(3)4)6-9(10)12/h5-6H,1-4H3,(H2,10,12)/b8-6+. The van der Waals surface area contributed by atoms with Gasteiger partial charge in [0, 0.05) is 19.8 Å². The Balaban J connectivity index is 4.68. The fraction of sp³-hybridized carbons (Fsp3) is 0.444. The molecular formula is C9H16N2S. The van der Waals surface area contributed by atoms with Crippen molar-refractivity contribution in [2.45, 2.75) is 13.8 Å². The lowest BCUT2D eigenvalue weighted by molar-refractivity contribution is 0.530. The predicted octanol–water partition coefficient (Wildman–Crippen LogP) is 1.68. The summed E-state index contributed by atoms with van der Waals surface area (Å²) in [6.45, 7) is 4.08. The molecule has 0 aromatic carbocycles. The first-order chi connectivity index (χ1) is 5.43. The van der Waals surface area contributed by atoms with Crippen LogP contribution in [0.4, 0.5) is 0 Å². The summed E-state index contributed by atoms with van der Waals surface area (Å²) in [7, 11) is 3.92. The molecule has 0 aliphatic heterocycles. The first-order valence-corrected chi connectivity index (χ1v) is 4.17. The molecule has 0 aromatic rings. The zero-order valence-corrected chi connectivity index (χ0v) is 8.90. The van der Waals surface area contributed by atoms with E-state index in [-0.39, 0.29) is 0 Å². The molecule has 0 rings (SSSR count). The molecule has 0 amide bonds. The van der Waals surface area contributed by atoms with E-state index in [1.807, 2.05) is 38.9 Å². The predicted molar refractivity (Wildman–Crippen MR) is 58.0 cm³/mol. The lowest BCUT2D eigenvalue weighted by Crippen LogP contribution is -2.13. The van der Waals surface area contributed by atoms with Gasteiger partial charge in [0.15, 0.2) is 0 Å². The van der Waals surface area contributed by atoms with E-state index in [0.29, 0.717) is 4.99 Å². The molecule has 0 saturated carbocycles. The van der Waals surface area contributed by atoms with E-state index >= 15 is 0 Å². The molecule has 2 N–H and O–H groups in total. The number of allylic oxidation sites excluding steroid dienone is 2. The molecular weight excluding hydrogens is 168 g/mol. The van der Waals surface area contributed by atoms with Crippen molar-refractivity contribution >= 4 is 17.2 Å². The van der Waals surface area contributed by atoms with E-state index < -0.39 is 0 Å². The van der Waals surface area contributed by atoms with Gasteiger partial charge in [-0.2, -0.15) is 0 Å². The number of rotatable bonds is 3. The Morgan fingerprint density at radius 1 is 1.25 bits per heavy atom. The Bertz CT molecular complexity index is 223. The Morgan fingerprint density at radius 3 is 2.00 bits per heavy atom. The van der Waals surface area contributed by atoms with E-state index in [9.17, 15) is 0 Å². The second kappa shape index (κ2) is 4.93. The number of thiocarbonyl (C=S) groups is 1. The van der Waals surface area contributed by atoms with E-state index in [4.69, 9.17) is 18.0 Å². The minimum atomic E-state index is 0.413. The number of hydrogen-bond acceptors (Lipinski definition) is 2. The summed E-state index contributed by atoms with van der Waals surface area (Å²) in [6, 6.07) is 0. The van der Waals surface area contributed by atoms with Gasteiger partial charge >= 0.3 is 0 Å². The summed E-state index contributed by atoms with van der Waals surface area (Å²) in [4.78, 5) is 2.39. The Hall–Kier alpha value is -0.830. The molecule has 68 valence electrons. The third-order valence-electron chi connectivity index (χ3n) is 1.24. The molecule has 0 aromatic heterocycles. The first kappa shape index (κ1) is 11.2. The molecule has 0 radical (unpaired) electrons. The third-order valence-corrected chi connectivity index (χ3v) is 1.36. The van der Waals surface area contributed by atoms with Gasteiger partial charge in [-0.05, 0) is 26.0 Å². The van der Waals surface area contributed by atoms with Gasteiger partial charge in [-0.25, -0.2) is 0 Å². The quantitative estimate of drug-likeness (QED) is 0.411. The van der Waals surface area contributed by atoms with Crippen molar-refractivity contribution in [3.05, 3.63) is 23.4 Å². The average molecular weight is 184 g/mol. The van der Waals surface area contributed by atoms with Crippen LogP contribution >= 0.6 is 12.2 Å². The fourth-order valence-electron chi connectivity index (χ4n) is 0.741. The van der Waals surface area contributed by atoms with Gasteiger partial charge in [0.1, 0.15) is 0 Å². The van der Waals surface area contributed by atoms with E-state index in [1.165, 1.54) is 5.57 Å². The van der Waals surface area contributed by atoms with Crippen LogP contribution in [0, 0.1) is 0 Å². The van der Waals surface area contributed by atoms with Gasteiger partial charge < -0.3 is 10.6 Å². The van der Waals surface area contributed by atoms with Crippen molar-refractivity contribution in [1.82, 2.24) is 4.90 Å². The molecule has 0 bridgehead atoms. The molecule has 0 aliphatic carbocycles. The largest absolute Gasteiger partial charge is 0.390 e. The summed E-state index contributed by atoms with van der Waals surface area (Å²) in [5.41, 5.74) is 7.66. The van der Waals surface area contributed by atoms with Crippen LogP contribution in [0.25, 0.3) is 0 Å². The van der Waals surface area contributed by atoms with Crippen molar-refractivity contribution in [3.63, 3.8) is 0 Å². The van der Waals surface area contributed by atoms with Crippen LogP contribution in [0.3, 0.4) is 0 Å². The van der Waals surface area contributed by atoms with Crippen molar-refractivity contribution in [1.29, 1.82) is 0 Å². The first-order valence-electron chi connectivity index (χ1n) is 3.77. The number of likely N-dealkylation sites (N-methyl/N-ethyl adjacent to an activating group) is 1. The molecule has 2 nitrogen and oxygen atoms in total. The highest BCUT2D eigenvalue weighted by atomic mass is 32.1. The van der Waals surface area contributed by atoms with Crippen LogP contribution in [0.1, 0.15) is 13.8 Å². The zero-order valence-electron chi connectivity index (χ0n) is 8.09. The molecule has 0 aliphatic rings. The van der Waals surface area contributed by atoms with E-state index in [1.54, 1.807) is 6.08 Å². The molecule has 0 heterocycles. The average Bonchev–Trinajstić information content (AvgIpc) is 1.83. The van der Waals surface area contributed by atoms with Crippen molar-refractivity contribution in [3.8, 4) is 0 Å². The lowest BCUT2D eigenvalue weighted by atomic mass is 10.2. The molecule has 0 saturated heterocycles. The van der Waals surface area contributed by atoms with Crippen LogP contribution in [-0.4, -0.2) is 24.0 Å². The maximum Gasteiger partial charge on any atom is 0.0982 e. The highest BCUT2D eigenvalue weighted by Gasteiger charge is 1.95. The highest BCUT2D eigenvalue weighted by Crippen LogP contribution is 2.04. The number of nitrogens with zero attached hydrogens (tertiary/aromatic N) is 1. The van der Waals surface area contributed by atoms with Crippen LogP contribution in [0.5, 0.6) is 0 Å². The molecule has 0 fully saturated rings. The monoisotopic (exact) mass is 184 g/mol. The summed E-state index contributed by atoms with van der Waals surface area (Å²) >= 11 is 4.79. The van der Waals surface area contributed by atoms with Gasteiger partial charge in [0.05, 0.1) is 4.99 Å². The SMILES string of the molecule is CC(C)=C/C(=C\C(N)=S)N(C)C. The maximum atomic E-state index is 5.41. The van der Waals surface area contributed by atoms with E-state index in [2.05, 4.69) is 0 Å². The number of hydrogen-bond donors (Lipinski definition) is 1. The lowest BCUT2D eigenvalue weighted by Gasteiger charge is -2.13. The molecule has 0 unspecified atom stereocenters. The molecule has 12 heavy (non-hydrogen) atoms. The minimum Gasteiger partial charge on any atom is -0.390 e. The Labute approximate surface area is 79.7 Å². The van der Waals surface area contributed by atoms with Crippen LogP contribution < -0.4 is 5.73 Å². The molecule has 0 spiro atoms. The molecule has 3 heteroatoms. The Morgan fingerprint density at radius 2 is 1.75 bits per heavy atom. The summed E-state index contributed by atoms with van der Waals surface area (Å²) in [5.74, 6) is 0. The van der Waals surface area contributed by atoms with Gasteiger partial charge in [0.2, 0.25) is 0 Å². The van der Waals surface area contributed by atoms with Crippen LogP contribution in [0.15, 0.2) is 23.4 Å². The van der Waals surface area contributed by atoms with E-state index in [0.717, 1.165) is 5.70 Å². The van der Waals surface area contributed by atoms with Crippen molar-refractivity contribution in [2.75, 3.05) is 14.1 Å². The smallest absolute Gasteiger partial charge is 0.0982 e. The highest BCUT2D eigenvalue weighted by molar-refractivity contribution is 7.80. The summed E-state index contributed by atoms with van der Waals surface area (Å²) < 4.78 is 0. The van der Waals surface area contributed by atoms with Gasteiger partial charge in [-0.1, -0.05) is 17.8 Å². The van der Waals surface area contributed by atoms with Gasteiger partial charge in [0.25, 0.3) is 0 Å². The van der Waals surface area contributed by atoms with Crippen molar-refractivity contribution in [2.24, 2.45) is 5.73 Å². The maximum absolute atomic E-state index is 5.41. The Kier molecular flexibility index (Phi) is 4.59. The minimum absolute atomic E-state index is 0.413. The van der Waals surface area contributed by atoms with Gasteiger partial charge in [-0.3, -0.25) is 0 Å². The van der Waals surface area contributed by atoms with Crippen LogP contribution in [-0.2, 0) is 0 Å². The summed E-state index contributed by atoms with van der Waals surface area (Å²) in [5, 5.41) is 0. The van der Waals surface area contributed by atoms with Crippen LogP contribution in [0.2, 0.25) is 0 Å².